The van der Waals surface area contributed by atoms with Gasteiger partial charge in [0.2, 0.25) is 0 Å². The minimum Gasteiger partial charge on any atom is -0.465 e. The predicted molar refractivity (Wildman–Crippen MR) is 94.6 cm³/mol. The highest BCUT2D eigenvalue weighted by Gasteiger charge is 2.19. The molecule has 0 aliphatic heterocycles. The van der Waals surface area contributed by atoms with Crippen molar-refractivity contribution in [2.24, 2.45) is 0 Å². The van der Waals surface area contributed by atoms with Gasteiger partial charge in [-0.3, -0.25) is 0 Å². The number of ether oxygens (including phenoxy) is 1. The first-order chi connectivity index (χ1) is 11.7. The highest BCUT2D eigenvalue weighted by Crippen LogP contribution is 2.37. The van der Waals surface area contributed by atoms with Gasteiger partial charge in [-0.05, 0) is 43.2 Å². The Morgan fingerprint density at radius 1 is 1.25 bits per heavy atom. The lowest BCUT2D eigenvalue weighted by Crippen LogP contribution is -2.00. The quantitative estimate of drug-likeness (QED) is 0.499. The molecule has 4 nitrogen and oxygen atoms in total. The Kier molecular flexibility index (Phi) is 3.53. The largest absolute Gasteiger partial charge is 0.465 e. The maximum Gasteiger partial charge on any atom is 0.337 e. The molecule has 4 aromatic rings. The average molecular weight is 321 g/mol. The second-order valence-electron chi connectivity index (χ2n) is 6.01. The minimum atomic E-state index is -0.329. The molecular formula is C20H19NO3. The number of nitrogens with zero attached hydrogens (tertiary/aromatic N) is 1. The Labute approximate surface area is 139 Å². The standard InChI is InChI=1S/C20H19NO3/c1-3-4-7-15-18-14-12-13(20(22)23-2)9-10-17(14)24-19(18)16-8-5-6-11-21(15)16/h5-6,8-12H,3-4,7H2,1-2H3. The summed E-state index contributed by atoms with van der Waals surface area (Å²) >= 11 is 0. The molecule has 0 saturated carbocycles. The highest BCUT2D eigenvalue weighted by molar-refractivity contribution is 6.13. The van der Waals surface area contributed by atoms with Crippen LogP contribution in [0.25, 0.3) is 27.5 Å². The van der Waals surface area contributed by atoms with Gasteiger partial charge in [-0.15, -0.1) is 0 Å². The van der Waals surface area contributed by atoms with E-state index in [9.17, 15) is 4.79 Å². The third-order valence-corrected chi connectivity index (χ3v) is 4.55. The molecule has 0 radical (unpaired) electrons. The molecule has 0 fully saturated rings. The molecule has 0 aliphatic rings. The Hall–Kier alpha value is -2.75. The van der Waals surface area contributed by atoms with Crippen LogP contribution in [0.15, 0.2) is 47.0 Å². The van der Waals surface area contributed by atoms with Gasteiger partial charge in [-0.2, -0.15) is 0 Å². The highest BCUT2D eigenvalue weighted by atomic mass is 16.5. The summed E-state index contributed by atoms with van der Waals surface area (Å²) in [5, 5.41) is 2.08. The molecule has 0 aliphatic carbocycles. The summed E-state index contributed by atoms with van der Waals surface area (Å²) in [6, 6.07) is 11.6. The van der Waals surface area contributed by atoms with Crippen molar-refractivity contribution >= 4 is 33.4 Å². The smallest absolute Gasteiger partial charge is 0.337 e. The molecule has 3 heterocycles. The summed E-state index contributed by atoms with van der Waals surface area (Å²) in [6.07, 6.45) is 5.29. The van der Waals surface area contributed by atoms with E-state index in [1.807, 2.05) is 24.3 Å². The number of carbonyl (C=O) groups excluding carboxylic acids is 1. The van der Waals surface area contributed by atoms with E-state index in [0.29, 0.717) is 5.56 Å². The number of pyridine rings is 1. The first kappa shape index (κ1) is 14.8. The zero-order valence-corrected chi connectivity index (χ0v) is 13.8. The van der Waals surface area contributed by atoms with Gasteiger partial charge in [-0.25, -0.2) is 4.79 Å². The zero-order chi connectivity index (χ0) is 16.7. The number of hydrogen-bond acceptors (Lipinski definition) is 3. The molecule has 24 heavy (non-hydrogen) atoms. The Morgan fingerprint density at radius 2 is 2.12 bits per heavy atom. The molecule has 0 N–H and O–H groups in total. The number of methoxy groups -OCH3 is 1. The average Bonchev–Trinajstić information content (AvgIpc) is 3.14. The molecular weight excluding hydrogens is 302 g/mol. The maximum absolute atomic E-state index is 11.9. The molecule has 0 bridgehead atoms. The molecule has 0 atom stereocenters. The van der Waals surface area contributed by atoms with Crippen molar-refractivity contribution in [1.29, 1.82) is 0 Å². The number of aromatic nitrogens is 1. The van der Waals surface area contributed by atoms with Crippen LogP contribution < -0.4 is 0 Å². The van der Waals surface area contributed by atoms with Crippen molar-refractivity contribution in [3.8, 4) is 0 Å². The normalized spacial score (nSPS) is 11.6. The Bertz CT molecular complexity index is 1050. The Morgan fingerprint density at radius 3 is 2.92 bits per heavy atom. The molecule has 4 heteroatoms. The minimum absolute atomic E-state index is 0.329. The summed E-state index contributed by atoms with van der Waals surface area (Å²) in [5.74, 6) is -0.329. The van der Waals surface area contributed by atoms with Crippen molar-refractivity contribution in [1.82, 2.24) is 4.40 Å². The van der Waals surface area contributed by atoms with Gasteiger partial charge in [-0.1, -0.05) is 19.4 Å². The van der Waals surface area contributed by atoms with Crippen molar-refractivity contribution in [2.45, 2.75) is 26.2 Å². The van der Waals surface area contributed by atoms with Crippen LogP contribution >= 0.6 is 0 Å². The fourth-order valence-corrected chi connectivity index (χ4v) is 3.38. The Balaban J connectivity index is 2.08. The number of unbranched alkanes of at least 4 members (excludes halogenated alkanes) is 1. The van der Waals surface area contributed by atoms with E-state index in [2.05, 4.69) is 23.6 Å². The van der Waals surface area contributed by atoms with E-state index in [-0.39, 0.29) is 5.97 Å². The third-order valence-electron chi connectivity index (χ3n) is 4.55. The molecule has 3 aromatic heterocycles. The third kappa shape index (κ3) is 2.10. The van der Waals surface area contributed by atoms with Crippen LogP contribution in [0.4, 0.5) is 0 Å². The number of carbonyl (C=O) groups is 1. The molecule has 122 valence electrons. The van der Waals surface area contributed by atoms with Crippen molar-refractivity contribution in [3.05, 3.63) is 53.9 Å². The van der Waals surface area contributed by atoms with E-state index in [1.54, 1.807) is 6.07 Å². The number of fused-ring (bicyclic) bond motifs is 5. The van der Waals surface area contributed by atoms with E-state index >= 15 is 0 Å². The zero-order valence-electron chi connectivity index (χ0n) is 13.8. The summed E-state index contributed by atoms with van der Waals surface area (Å²) in [7, 11) is 1.40. The SMILES string of the molecule is CCCCc1c2c3cc(C(=O)OC)ccc3oc2c2ccccn12. The fourth-order valence-electron chi connectivity index (χ4n) is 3.38. The van der Waals surface area contributed by atoms with Crippen molar-refractivity contribution in [3.63, 3.8) is 0 Å². The topological polar surface area (TPSA) is 43.8 Å². The summed E-state index contributed by atoms with van der Waals surface area (Å²) in [6.45, 7) is 2.19. The van der Waals surface area contributed by atoms with Gasteiger partial charge in [0.15, 0.2) is 5.58 Å². The summed E-state index contributed by atoms with van der Waals surface area (Å²) < 4.78 is 13.2. The molecule has 4 rings (SSSR count). The molecule has 1 aromatic carbocycles. The number of esters is 1. The van der Waals surface area contributed by atoms with Crippen LogP contribution in [0.3, 0.4) is 0 Å². The molecule has 0 amide bonds. The summed E-state index contributed by atoms with van der Waals surface area (Å²) in [5.41, 5.74) is 4.54. The second kappa shape index (κ2) is 5.71. The molecule has 0 saturated heterocycles. The van der Waals surface area contributed by atoms with Gasteiger partial charge in [0, 0.05) is 17.3 Å². The lowest BCUT2D eigenvalue weighted by atomic mass is 10.1. The maximum atomic E-state index is 11.9. The number of benzene rings is 1. The van der Waals surface area contributed by atoms with Crippen LogP contribution in [-0.2, 0) is 11.2 Å². The van der Waals surface area contributed by atoms with Gasteiger partial charge in [0.1, 0.15) is 5.58 Å². The van der Waals surface area contributed by atoms with Gasteiger partial charge in [0.25, 0.3) is 0 Å². The number of aryl methyl sites for hydroxylation is 1. The first-order valence-electron chi connectivity index (χ1n) is 8.27. The van der Waals surface area contributed by atoms with Crippen LogP contribution in [0.5, 0.6) is 0 Å². The van der Waals surface area contributed by atoms with Gasteiger partial charge < -0.3 is 13.6 Å². The molecule has 0 unspecified atom stereocenters. The van der Waals surface area contributed by atoms with E-state index in [1.165, 1.54) is 12.8 Å². The predicted octanol–water partition coefficient (Wildman–Crippen LogP) is 4.97. The van der Waals surface area contributed by atoms with E-state index < -0.39 is 0 Å². The van der Waals surface area contributed by atoms with E-state index in [0.717, 1.165) is 46.7 Å². The van der Waals surface area contributed by atoms with Crippen molar-refractivity contribution in [2.75, 3.05) is 7.11 Å². The lowest BCUT2D eigenvalue weighted by molar-refractivity contribution is 0.0601. The van der Waals surface area contributed by atoms with Gasteiger partial charge in [0.05, 0.1) is 23.6 Å². The summed E-state index contributed by atoms with van der Waals surface area (Å²) in [4.78, 5) is 11.9. The van der Waals surface area contributed by atoms with E-state index in [4.69, 9.17) is 9.15 Å². The second-order valence-corrected chi connectivity index (χ2v) is 6.01. The number of hydrogen-bond donors (Lipinski definition) is 0. The number of furan rings is 1. The number of rotatable bonds is 4. The van der Waals surface area contributed by atoms with Crippen LogP contribution in [0, 0.1) is 0 Å². The van der Waals surface area contributed by atoms with Gasteiger partial charge >= 0.3 is 5.97 Å². The monoisotopic (exact) mass is 321 g/mol. The van der Waals surface area contributed by atoms with Crippen LogP contribution in [-0.4, -0.2) is 17.5 Å². The van der Waals surface area contributed by atoms with Crippen LogP contribution in [0.2, 0.25) is 0 Å². The first-order valence-corrected chi connectivity index (χ1v) is 8.27. The van der Waals surface area contributed by atoms with Crippen LogP contribution in [0.1, 0.15) is 35.8 Å². The van der Waals surface area contributed by atoms with Crippen molar-refractivity contribution < 1.29 is 13.9 Å². The fraction of sp³-hybridized carbons (Fsp3) is 0.250. The molecule has 0 spiro atoms. The lowest BCUT2D eigenvalue weighted by Gasteiger charge is -2.03.